The molecule has 0 aromatic heterocycles. The average Bonchev–Trinajstić information content (AvgIpc) is 2.43. The Kier molecular flexibility index (Phi) is 5.55. The van der Waals surface area contributed by atoms with Crippen LogP contribution in [0.4, 0.5) is 0 Å². The molecule has 0 aliphatic rings. The van der Waals surface area contributed by atoms with Crippen LogP contribution in [-0.2, 0) is 4.74 Å². The van der Waals surface area contributed by atoms with Crippen LogP contribution in [0.1, 0.15) is 35.9 Å². The van der Waals surface area contributed by atoms with E-state index >= 15 is 0 Å². The first kappa shape index (κ1) is 14.4. The van der Waals surface area contributed by atoms with Gasteiger partial charge in [0.15, 0.2) is 0 Å². The van der Waals surface area contributed by atoms with Crippen molar-refractivity contribution < 1.29 is 19.7 Å². The molecule has 0 bridgehead atoms. The topological polar surface area (TPSA) is 66.8 Å². The van der Waals surface area contributed by atoms with Crippen molar-refractivity contribution in [1.29, 1.82) is 0 Å². The second-order valence-corrected chi connectivity index (χ2v) is 3.92. The largest absolute Gasteiger partial charge is 0.460 e. The Bertz CT molecular complexity index is 420. The van der Waals surface area contributed by atoms with Crippen molar-refractivity contribution >= 4 is 5.97 Å². The second kappa shape index (κ2) is 6.93. The number of ether oxygens (including phenoxy) is 1. The highest BCUT2D eigenvalue weighted by atomic mass is 16.5. The van der Waals surface area contributed by atoms with E-state index in [4.69, 9.17) is 9.84 Å². The van der Waals surface area contributed by atoms with E-state index in [-0.39, 0.29) is 13.2 Å². The van der Waals surface area contributed by atoms with Gasteiger partial charge < -0.3 is 14.9 Å². The average molecular weight is 250 g/mol. The predicted molar refractivity (Wildman–Crippen MR) is 68.2 cm³/mol. The second-order valence-electron chi connectivity index (χ2n) is 3.92. The van der Waals surface area contributed by atoms with Crippen LogP contribution in [0.2, 0.25) is 0 Å². The van der Waals surface area contributed by atoms with E-state index in [0.29, 0.717) is 5.56 Å². The highest BCUT2D eigenvalue weighted by Crippen LogP contribution is 2.21. The van der Waals surface area contributed by atoms with Gasteiger partial charge in [-0.25, -0.2) is 4.79 Å². The lowest BCUT2D eigenvalue weighted by atomic mass is 10.0. The summed E-state index contributed by atoms with van der Waals surface area (Å²) < 4.78 is 4.78. The first-order chi connectivity index (χ1) is 8.60. The summed E-state index contributed by atoms with van der Waals surface area (Å²) in [5, 5.41) is 18.5. The summed E-state index contributed by atoms with van der Waals surface area (Å²) in [6, 6.07) is 6.57. The maximum absolute atomic E-state index is 11.5. The molecule has 1 rings (SSSR count). The molecule has 2 N–H and O–H groups in total. The van der Waals surface area contributed by atoms with Crippen molar-refractivity contribution in [2.24, 2.45) is 0 Å². The van der Waals surface area contributed by atoms with Gasteiger partial charge in [0.1, 0.15) is 6.61 Å². The van der Waals surface area contributed by atoms with Gasteiger partial charge in [-0.15, -0.1) is 0 Å². The zero-order valence-electron chi connectivity index (χ0n) is 10.6. The summed E-state index contributed by atoms with van der Waals surface area (Å²) in [4.78, 5) is 11.5. The van der Waals surface area contributed by atoms with Crippen LogP contribution in [0.5, 0.6) is 0 Å². The molecule has 1 unspecified atom stereocenters. The molecular weight excluding hydrogens is 232 g/mol. The van der Waals surface area contributed by atoms with Crippen LogP contribution in [0.15, 0.2) is 35.9 Å². The third-order valence-corrected chi connectivity index (χ3v) is 2.67. The van der Waals surface area contributed by atoms with E-state index in [9.17, 15) is 9.90 Å². The zero-order chi connectivity index (χ0) is 13.5. The van der Waals surface area contributed by atoms with Gasteiger partial charge in [0, 0.05) is 0 Å². The van der Waals surface area contributed by atoms with Gasteiger partial charge in [-0.1, -0.05) is 18.2 Å². The van der Waals surface area contributed by atoms with Crippen molar-refractivity contribution in [3.63, 3.8) is 0 Å². The molecule has 4 heteroatoms. The number of carbonyl (C=O) groups is 1. The van der Waals surface area contributed by atoms with E-state index in [1.165, 1.54) is 0 Å². The molecule has 98 valence electrons. The Morgan fingerprint density at radius 3 is 2.50 bits per heavy atom. The van der Waals surface area contributed by atoms with Crippen LogP contribution in [0.3, 0.4) is 0 Å². The number of aliphatic hydroxyl groups is 2. The molecule has 1 aromatic rings. The first-order valence-corrected chi connectivity index (χ1v) is 5.79. The molecule has 18 heavy (non-hydrogen) atoms. The lowest BCUT2D eigenvalue weighted by Gasteiger charge is -2.11. The zero-order valence-corrected chi connectivity index (χ0v) is 10.6. The van der Waals surface area contributed by atoms with Crippen molar-refractivity contribution in [1.82, 2.24) is 0 Å². The third-order valence-electron chi connectivity index (χ3n) is 2.67. The molecule has 0 aliphatic carbocycles. The minimum Gasteiger partial charge on any atom is -0.460 e. The van der Waals surface area contributed by atoms with Gasteiger partial charge in [0.25, 0.3) is 0 Å². The fraction of sp³-hybridized carbons (Fsp3) is 0.357. The van der Waals surface area contributed by atoms with Crippen molar-refractivity contribution in [2.45, 2.75) is 20.0 Å². The minimum absolute atomic E-state index is 0.0130. The van der Waals surface area contributed by atoms with Crippen LogP contribution < -0.4 is 0 Å². The molecule has 4 nitrogen and oxygen atoms in total. The first-order valence-electron chi connectivity index (χ1n) is 5.79. The van der Waals surface area contributed by atoms with E-state index in [1.54, 1.807) is 24.3 Å². The van der Waals surface area contributed by atoms with Gasteiger partial charge in [-0.3, -0.25) is 0 Å². The molecule has 1 aromatic carbocycles. The monoisotopic (exact) mass is 250 g/mol. The number of benzene rings is 1. The fourth-order valence-electron chi connectivity index (χ4n) is 1.44. The molecule has 0 spiro atoms. The normalized spacial score (nSPS) is 13.2. The van der Waals surface area contributed by atoms with E-state index < -0.39 is 12.1 Å². The quantitative estimate of drug-likeness (QED) is 0.618. The number of aliphatic hydroxyl groups excluding tert-OH is 2. The molecule has 0 saturated heterocycles. The van der Waals surface area contributed by atoms with Gasteiger partial charge >= 0.3 is 5.97 Å². The van der Waals surface area contributed by atoms with Gasteiger partial charge in [0.05, 0.1) is 18.3 Å². The Hall–Kier alpha value is -1.65. The summed E-state index contributed by atoms with van der Waals surface area (Å²) in [5.74, 6) is -0.479. The van der Waals surface area contributed by atoms with Crippen molar-refractivity contribution in [3.05, 3.63) is 47.0 Å². The molecule has 0 aliphatic heterocycles. The maximum atomic E-state index is 11.5. The summed E-state index contributed by atoms with van der Waals surface area (Å²) in [6.07, 6.45) is 1.19. The van der Waals surface area contributed by atoms with E-state index in [1.807, 2.05) is 19.9 Å². The lowest BCUT2D eigenvalue weighted by Crippen LogP contribution is -2.09. The number of carbonyl (C=O) groups excluding carboxylic acids is 1. The SMILES string of the molecule is CC=C(C)C(O)c1ccc(C(=O)OCCO)cc1. The highest BCUT2D eigenvalue weighted by molar-refractivity contribution is 5.89. The van der Waals surface area contributed by atoms with Gasteiger partial charge in [-0.2, -0.15) is 0 Å². The third kappa shape index (κ3) is 3.68. The number of hydrogen-bond donors (Lipinski definition) is 2. The standard InChI is InChI=1S/C14H18O4/c1-3-10(2)13(16)11-4-6-12(7-5-11)14(17)18-9-8-15/h3-7,13,15-16H,8-9H2,1-2H3. The molecule has 0 amide bonds. The molecule has 1 atom stereocenters. The van der Waals surface area contributed by atoms with E-state index in [2.05, 4.69) is 0 Å². The molecule has 0 heterocycles. The van der Waals surface area contributed by atoms with Gasteiger partial charge in [-0.05, 0) is 37.1 Å². The number of esters is 1. The summed E-state index contributed by atoms with van der Waals surface area (Å²) in [5.41, 5.74) is 1.98. The van der Waals surface area contributed by atoms with Crippen LogP contribution >= 0.6 is 0 Å². The smallest absolute Gasteiger partial charge is 0.338 e. The van der Waals surface area contributed by atoms with Crippen LogP contribution in [0, 0.1) is 0 Å². The minimum atomic E-state index is -0.655. The number of rotatable bonds is 5. The molecule has 0 saturated carbocycles. The Balaban J connectivity index is 2.77. The molecular formula is C14H18O4. The lowest BCUT2D eigenvalue weighted by molar-refractivity contribution is 0.0433. The summed E-state index contributed by atoms with van der Waals surface area (Å²) >= 11 is 0. The van der Waals surface area contributed by atoms with Crippen molar-refractivity contribution in [2.75, 3.05) is 13.2 Å². The maximum Gasteiger partial charge on any atom is 0.338 e. The van der Waals surface area contributed by atoms with Crippen LogP contribution in [-0.4, -0.2) is 29.4 Å². The van der Waals surface area contributed by atoms with Crippen molar-refractivity contribution in [3.8, 4) is 0 Å². The Morgan fingerprint density at radius 2 is 2.00 bits per heavy atom. The Labute approximate surface area is 107 Å². The Morgan fingerprint density at radius 1 is 1.39 bits per heavy atom. The predicted octanol–water partition coefficient (Wildman–Crippen LogP) is 1.84. The molecule has 0 radical (unpaired) electrons. The number of hydrogen-bond acceptors (Lipinski definition) is 4. The highest BCUT2D eigenvalue weighted by Gasteiger charge is 2.11. The number of allylic oxidation sites excluding steroid dienone is 1. The van der Waals surface area contributed by atoms with Gasteiger partial charge in [0.2, 0.25) is 0 Å². The summed E-state index contributed by atoms with van der Waals surface area (Å²) in [7, 11) is 0. The fourth-order valence-corrected chi connectivity index (χ4v) is 1.44. The molecule has 0 fully saturated rings. The van der Waals surface area contributed by atoms with E-state index in [0.717, 1.165) is 11.1 Å². The van der Waals surface area contributed by atoms with Crippen LogP contribution in [0.25, 0.3) is 0 Å². The summed E-state index contributed by atoms with van der Waals surface area (Å²) in [6.45, 7) is 3.50.